The number of hydrogen-bond donors (Lipinski definition) is 1. The smallest absolute Gasteiger partial charge is 0.254 e. The lowest BCUT2D eigenvalue weighted by molar-refractivity contribution is -0.121. The van der Waals surface area contributed by atoms with Crippen molar-refractivity contribution in [1.29, 1.82) is 0 Å². The zero-order valence-electron chi connectivity index (χ0n) is 14.5. The van der Waals surface area contributed by atoms with E-state index >= 15 is 0 Å². The number of carbonyl (C=O) groups excluding carboxylic acids is 2. The van der Waals surface area contributed by atoms with E-state index in [4.69, 9.17) is 23.2 Å². The molecule has 2 aromatic rings. The van der Waals surface area contributed by atoms with Crippen LogP contribution in [-0.2, 0) is 4.79 Å². The minimum Gasteiger partial charge on any atom is -0.339 e. The lowest BCUT2D eigenvalue weighted by atomic mass is 9.95. The highest BCUT2D eigenvalue weighted by Gasteiger charge is 2.28. The maximum Gasteiger partial charge on any atom is 0.254 e. The molecule has 1 N–H and O–H groups in total. The topological polar surface area (TPSA) is 49.4 Å². The summed E-state index contributed by atoms with van der Waals surface area (Å²) in [5.74, 6) is -0.178. The molecule has 0 saturated carbocycles. The molecule has 1 fully saturated rings. The first-order valence-electron chi connectivity index (χ1n) is 8.56. The Morgan fingerprint density at radius 3 is 2.42 bits per heavy atom. The molecule has 0 bridgehead atoms. The van der Waals surface area contributed by atoms with E-state index in [0.29, 0.717) is 41.7 Å². The number of nitrogens with one attached hydrogen (secondary N) is 1. The number of hydrogen-bond acceptors (Lipinski definition) is 2. The second-order valence-corrected chi connectivity index (χ2v) is 7.34. The third-order valence-electron chi connectivity index (χ3n) is 4.72. The zero-order valence-corrected chi connectivity index (χ0v) is 16.0. The van der Waals surface area contributed by atoms with Crippen LogP contribution in [-0.4, -0.2) is 29.8 Å². The molecular weight excluding hydrogens is 371 g/mol. The molecule has 0 radical (unpaired) electrons. The standard InChI is InChI=1S/C20H20Cl2N2O2/c1-13-4-2-3-5-16(13)20(26)24-10-8-14(9-11-24)19(25)23-18-7-6-15(21)12-17(18)22/h2-7,12,14H,8-11H2,1H3,(H,23,25). The van der Waals surface area contributed by atoms with Crippen LogP contribution in [0.4, 0.5) is 5.69 Å². The van der Waals surface area contributed by atoms with Crippen molar-refractivity contribution in [2.75, 3.05) is 18.4 Å². The minimum atomic E-state index is -0.136. The van der Waals surface area contributed by atoms with Gasteiger partial charge in [0.25, 0.3) is 5.91 Å². The molecular formula is C20H20Cl2N2O2. The second kappa shape index (κ2) is 8.11. The Labute approximate surface area is 163 Å². The molecule has 1 heterocycles. The average Bonchev–Trinajstić information content (AvgIpc) is 2.64. The van der Waals surface area contributed by atoms with Crippen molar-refractivity contribution < 1.29 is 9.59 Å². The van der Waals surface area contributed by atoms with Crippen molar-refractivity contribution >= 4 is 40.7 Å². The molecule has 0 aromatic heterocycles. The van der Waals surface area contributed by atoms with Gasteiger partial charge in [-0.3, -0.25) is 9.59 Å². The van der Waals surface area contributed by atoms with Gasteiger partial charge in [0, 0.05) is 29.6 Å². The number of aryl methyl sites for hydroxylation is 1. The monoisotopic (exact) mass is 390 g/mol. The molecule has 2 aromatic carbocycles. The summed E-state index contributed by atoms with van der Waals surface area (Å²) in [6.45, 7) is 3.07. The molecule has 3 rings (SSSR count). The number of benzene rings is 2. The fraction of sp³-hybridized carbons (Fsp3) is 0.300. The van der Waals surface area contributed by atoms with Crippen molar-refractivity contribution in [3.63, 3.8) is 0 Å². The Kier molecular flexibility index (Phi) is 5.84. The van der Waals surface area contributed by atoms with Crippen molar-refractivity contribution in [3.05, 3.63) is 63.6 Å². The van der Waals surface area contributed by atoms with Crippen molar-refractivity contribution in [2.45, 2.75) is 19.8 Å². The van der Waals surface area contributed by atoms with E-state index < -0.39 is 0 Å². The van der Waals surface area contributed by atoms with Crippen LogP contribution in [0.15, 0.2) is 42.5 Å². The Bertz CT molecular complexity index is 830. The largest absolute Gasteiger partial charge is 0.339 e. The molecule has 6 heteroatoms. The predicted octanol–water partition coefficient (Wildman–Crippen LogP) is 4.79. The summed E-state index contributed by atoms with van der Waals surface area (Å²) in [7, 11) is 0. The summed E-state index contributed by atoms with van der Waals surface area (Å²) in [6.07, 6.45) is 1.27. The summed E-state index contributed by atoms with van der Waals surface area (Å²) in [5.41, 5.74) is 2.25. The first-order valence-corrected chi connectivity index (χ1v) is 9.32. The fourth-order valence-corrected chi connectivity index (χ4v) is 3.61. The van der Waals surface area contributed by atoms with Gasteiger partial charge in [0.2, 0.25) is 5.91 Å². The Morgan fingerprint density at radius 2 is 1.77 bits per heavy atom. The first-order chi connectivity index (χ1) is 12.5. The number of carbonyl (C=O) groups is 2. The highest BCUT2D eigenvalue weighted by molar-refractivity contribution is 6.36. The van der Waals surface area contributed by atoms with E-state index in [-0.39, 0.29) is 17.7 Å². The summed E-state index contributed by atoms with van der Waals surface area (Å²) >= 11 is 12.0. The van der Waals surface area contributed by atoms with E-state index in [1.807, 2.05) is 36.1 Å². The average molecular weight is 391 g/mol. The zero-order chi connectivity index (χ0) is 18.7. The molecule has 2 amide bonds. The third-order valence-corrected chi connectivity index (χ3v) is 5.27. The van der Waals surface area contributed by atoms with E-state index in [2.05, 4.69) is 5.32 Å². The Hall–Kier alpha value is -2.04. The van der Waals surface area contributed by atoms with Crippen LogP contribution in [0.3, 0.4) is 0 Å². The maximum absolute atomic E-state index is 12.7. The van der Waals surface area contributed by atoms with Crippen LogP contribution in [0, 0.1) is 12.8 Å². The van der Waals surface area contributed by atoms with E-state index in [0.717, 1.165) is 11.1 Å². The Morgan fingerprint density at radius 1 is 1.08 bits per heavy atom. The van der Waals surface area contributed by atoms with Gasteiger partial charge in [-0.2, -0.15) is 0 Å². The molecule has 1 aliphatic heterocycles. The van der Waals surface area contributed by atoms with Gasteiger partial charge in [0.15, 0.2) is 0 Å². The summed E-state index contributed by atoms with van der Waals surface area (Å²) in [4.78, 5) is 27.0. The van der Waals surface area contributed by atoms with Crippen LogP contribution >= 0.6 is 23.2 Å². The SMILES string of the molecule is Cc1ccccc1C(=O)N1CCC(C(=O)Nc2ccc(Cl)cc2Cl)CC1. The molecule has 1 aliphatic rings. The van der Waals surface area contributed by atoms with Crippen LogP contribution in [0.25, 0.3) is 0 Å². The number of amides is 2. The number of piperidine rings is 1. The number of halogens is 2. The van der Waals surface area contributed by atoms with Gasteiger partial charge in [-0.15, -0.1) is 0 Å². The number of anilines is 1. The highest BCUT2D eigenvalue weighted by Crippen LogP contribution is 2.27. The summed E-state index contributed by atoms with van der Waals surface area (Å²) in [6, 6.07) is 12.6. The number of likely N-dealkylation sites (tertiary alicyclic amines) is 1. The van der Waals surface area contributed by atoms with Gasteiger partial charge in [-0.1, -0.05) is 41.4 Å². The van der Waals surface area contributed by atoms with Gasteiger partial charge in [0.05, 0.1) is 10.7 Å². The first kappa shape index (κ1) is 18.7. The molecule has 136 valence electrons. The Balaban J connectivity index is 1.59. The van der Waals surface area contributed by atoms with Crippen molar-refractivity contribution in [3.8, 4) is 0 Å². The van der Waals surface area contributed by atoms with Crippen LogP contribution in [0.5, 0.6) is 0 Å². The van der Waals surface area contributed by atoms with E-state index in [1.54, 1.807) is 18.2 Å². The molecule has 0 atom stereocenters. The predicted molar refractivity (Wildman–Crippen MR) is 105 cm³/mol. The lowest BCUT2D eigenvalue weighted by Gasteiger charge is -2.31. The summed E-state index contributed by atoms with van der Waals surface area (Å²) in [5, 5.41) is 3.80. The molecule has 0 spiro atoms. The van der Waals surface area contributed by atoms with Gasteiger partial charge < -0.3 is 10.2 Å². The normalized spacial score (nSPS) is 15.0. The van der Waals surface area contributed by atoms with E-state index in [9.17, 15) is 9.59 Å². The van der Waals surface area contributed by atoms with Crippen molar-refractivity contribution in [2.24, 2.45) is 5.92 Å². The van der Waals surface area contributed by atoms with Crippen molar-refractivity contribution in [1.82, 2.24) is 4.90 Å². The maximum atomic E-state index is 12.7. The molecule has 26 heavy (non-hydrogen) atoms. The highest BCUT2D eigenvalue weighted by atomic mass is 35.5. The molecule has 0 unspecified atom stereocenters. The molecule has 0 aliphatic carbocycles. The van der Waals surface area contributed by atoms with Crippen LogP contribution < -0.4 is 5.32 Å². The van der Waals surface area contributed by atoms with Crippen LogP contribution in [0.1, 0.15) is 28.8 Å². The molecule has 4 nitrogen and oxygen atoms in total. The number of nitrogens with zero attached hydrogens (tertiary/aromatic N) is 1. The third kappa shape index (κ3) is 4.19. The van der Waals surface area contributed by atoms with Crippen LogP contribution in [0.2, 0.25) is 10.0 Å². The lowest BCUT2D eigenvalue weighted by Crippen LogP contribution is -2.41. The minimum absolute atomic E-state index is 0.0303. The van der Waals surface area contributed by atoms with Gasteiger partial charge in [-0.25, -0.2) is 0 Å². The van der Waals surface area contributed by atoms with Gasteiger partial charge in [-0.05, 0) is 49.6 Å². The van der Waals surface area contributed by atoms with Gasteiger partial charge >= 0.3 is 0 Å². The quantitative estimate of drug-likeness (QED) is 0.818. The fourth-order valence-electron chi connectivity index (χ4n) is 3.15. The number of rotatable bonds is 3. The molecule has 1 saturated heterocycles. The van der Waals surface area contributed by atoms with E-state index in [1.165, 1.54) is 0 Å². The second-order valence-electron chi connectivity index (χ2n) is 6.49. The summed E-state index contributed by atoms with van der Waals surface area (Å²) < 4.78 is 0. The van der Waals surface area contributed by atoms with Gasteiger partial charge in [0.1, 0.15) is 0 Å².